The van der Waals surface area contributed by atoms with Gasteiger partial charge in [0.1, 0.15) is 0 Å². The van der Waals surface area contributed by atoms with Gasteiger partial charge in [0.15, 0.2) is 0 Å². The SMILES string of the molecule is CC/C(C(=O)C(F)(F)F)=C(/SC)c1ccccc1. The third kappa shape index (κ3) is 3.38. The number of ketones is 1. The predicted octanol–water partition coefficient (Wildman–Crippen LogP) is 4.30. The molecule has 1 aromatic carbocycles. The average Bonchev–Trinajstić information content (AvgIpc) is 2.35. The molecule has 1 rings (SSSR count). The number of carbonyl (C=O) groups excluding carboxylic acids is 1. The van der Waals surface area contributed by atoms with Gasteiger partial charge in [-0.15, -0.1) is 11.8 Å². The quantitative estimate of drug-likeness (QED) is 0.761. The van der Waals surface area contributed by atoms with E-state index in [1.54, 1.807) is 43.5 Å². The van der Waals surface area contributed by atoms with Gasteiger partial charge < -0.3 is 0 Å². The summed E-state index contributed by atoms with van der Waals surface area (Å²) >= 11 is 1.16. The van der Waals surface area contributed by atoms with Crippen LogP contribution in [0, 0.1) is 0 Å². The second kappa shape index (κ2) is 6.09. The van der Waals surface area contributed by atoms with E-state index in [1.165, 1.54) is 0 Å². The molecular formula is C13H13F3OS. The number of rotatable bonds is 4. The molecule has 1 nitrogen and oxygen atoms in total. The molecule has 5 heteroatoms. The van der Waals surface area contributed by atoms with Crippen LogP contribution < -0.4 is 0 Å². The van der Waals surface area contributed by atoms with Gasteiger partial charge in [-0.05, 0) is 18.2 Å². The summed E-state index contributed by atoms with van der Waals surface area (Å²) in [5.74, 6) is -1.75. The number of carbonyl (C=O) groups is 1. The van der Waals surface area contributed by atoms with Crippen molar-refractivity contribution < 1.29 is 18.0 Å². The molecule has 0 radical (unpaired) electrons. The van der Waals surface area contributed by atoms with Crippen LogP contribution in [-0.2, 0) is 4.79 Å². The van der Waals surface area contributed by atoms with Crippen LogP contribution >= 0.6 is 11.8 Å². The second-order valence-corrected chi connectivity index (χ2v) is 4.37. The third-order valence-corrected chi connectivity index (χ3v) is 3.29. The van der Waals surface area contributed by atoms with Crippen LogP contribution in [0.5, 0.6) is 0 Å². The van der Waals surface area contributed by atoms with Crippen molar-refractivity contribution in [1.82, 2.24) is 0 Å². The van der Waals surface area contributed by atoms with Crippen LogP contribution in [-0.4, -0.2) is 18.2 Å². The van der Waals surface area contributed by atoms with E-state index < -0.39 is 12.0 Å². The van der Waals surface area contributed by atoms with E-state index in [0.717, 1.165) is 11.8 Å². The number of allylic oxidation sites excluding steroid dienone is 1. The van der Waals surface area contributed by atoms with E-state index in [-0.39, 0.29) is 12.0 Å². The highest BCUT2D eigenvalue weighted by atomic mass is 32.2. The number of benzene rings is 1. The summed E-state index contributed by atoms with van der Waals surface area (Å²) in [6.07, 6.45) is -3.09. The zero-order chi connectivity index (χ0) is 13.8. The molecular weight excluding hydrogens is 261 g/mol. The topological polar surface area (TPSA) is 17.1 Å². The number of thioether (sulfide) groups is 1. The molecule has 0 amide bonds. The van der Waals surface area contributed by atoms with E-state index in [9.17, 15) is 18.0 Å². The number of Topliss-reactive ketones (excluding diaryl/α,β-unsaturated/α-hetero) is 1. The van der Waals surface area contributed by atoms with Gasteiger partial charge in [0.05, 0.1) is 0 Å². The molecule has 0 heterocycles. The Kier molecular flexibility index (Phi) is 5.02. The molecule has 0 saturated carbocycles. The highest BCUT2D eigenvalue weighted by Gasteiger charge is 2.41. The summed E-state index contributed by atoms with van der Waals surface area (Å²) < 4.78 is 37.5. The molecule has 0 spiro atoms. The van der Waals surface area contributed by atoms with Gasteiger partial charge in [-0.25, -0.2) is 0 Å². The largest absolute Gasteiger partial charge is 0.454 e. The van der Waals surface area contributed by atoms with E-state index in [2.05, 4.69) is 0 Å². The van der Waals surface area contributed by atoms with Gasteiger partial charge in [-0.2, -0.15) is 13.2 Å². The molecule has 0 aromatic heterocycles. The minimum atomic E-state index is -4.82. The summed E-state index contributed by atoms with van der Waals surface area (Å²) in [6, 6.07) is 8.64. The van der Waals surface area contributed by atoms with Crippen LogP contribution in [0.3, 0.4) is 0 Å². The molecule has 0 N–H and O–H groups in total. The van der Waals surface area contributed by atoms with Gasteiger partial charge >= 0.3 is 6.18 Å². The minimum Gasteiger partial charge on any atom is -0.284 e. The van der Waals surface area contributed by atoms with E-state index in [1.807, 2.05) is 0 Å². The number of halogens is 3. The summed E-state index contributed by atoms with van der Waals surface area (Å²) in [7, 11) is 0. The van der Waals surface area contributed by atoms with Gasteiger partial charge in [0.25, 0.3) is 5.78 Å². The molecule has 0 aliphatic heterocycles. The van der Waals surface area contributed by atoms with Crippen molar-refractivity contribution in [3.05, 3.63) is 41.5 Å². The smallest absolute Gasteiger partial charge is 0.284 e. The molecule has 0 saturated heterocycles. The van der Waals surface area contributed by atoms with Crippen LogP contribution in [0.4, 0.5) is 13.2 Å². The van der Waals surface area contributed by atoms with Gasteiger partial charge in [0, 0.05) is 10.5 Å². The highest BCUT2D eigenvalue weighted by Crippen LogP contribution is 2.34. The Hall–Kier alpha value is -1.23. The van der Waals surface area contributed by atoms with Crippen molar-refractivity contribution in [2.24, 2.45) is 0 Å². The lowest BCUT2D eigenvalue weighted by Crippen LogP contribution is -2.25. The first-order valence-electron chi connectivity index (χ1n) is 5.35. The lowest BCUT2D eigenvalue weighted by atomic mass is 10.0. The van der Waals surface area contributed by atoms with Crippen LogP contribution in [0.15, 0.2) is 35.9 Å². The fourth-order valence-corrected chi connectivity index (χ4v) is 2.46. The molecule has 98 valence electrons. The maximum absolute atomic E-state index is 12.5. The number of hydrogen-bond acceptors (Lipinski definition) is 2. The van der Waals surface area contributed by atoms with E-state index in [4.69, 9.17) is 0 Å². The first-order valence-corrected chi connectivity index (χ1v) is 6.58. The van der Waals surface area contributed by atoms with Crippen molar-refractivity contribution >= 4 is 22.5 Å². The molecule has 0 fully saturated rings. The number of hydrogen-bond donors (Lipinski definition) is 0. The van der Waals surface area contributed by atoms with Crippen molar-refractivity contribution in [3.63, 3.8) is 0 Å². The van der Waals surface area contributed by atoms with E-state index >= 15 is 0 Å². The van der Waals surface area contributed by atoms with Crippen molar-refractivity contribution in [2.45, 2.75) is 19.5 Å². The standard InChI is InChI=1S/C13H13F3OS/c1-3-10(12(17)13(14,15)16)11(18-2)9-7-5-4-6-8-9/h4-8H,3H2,1-2H3/b11-10-. The fourth-order valence-electron chi connectivity index (χ4n) is 1.60. The first kappa shape index (κ1) is 14.8. The Morgan fingerprint density at radius 1 is 1.22 bits per heavy atom. The summed E-state index contributed by atoms with van der Waals surface area (Å²) in [6.45, 7) is 1.55. The molecule has 18 heavy (non-hydrogen) atoms. The zero-order valence-electron chi connectivity index (χ0n) is 10.0. The van der Waals surface area contributed by atoms with Crippen LogP contribution in [0.25, 0.3) is 4.91 Å². The Bertz CT molecular complexity index is 449. The van der Waals surface area contributed by atoms with Crippen LogP contribution in [0.1, 0.15) is 18.9 Å². The molecule has 0 unspecified atom stereocenters. The normalized spacial score (nSPS) is 13.2. The lowest BCUT2D eigenvalue weighted by molar-refractivity contribution is -0.166. The first-order chi connectivity index (χ1) is 8.41. The van der Waals surface area contributed by atoms with Crippen molar-refractivity contribution in [2.75, 3.05) is 6.26 Å². The molecule has 0 atom stereocenters. The second-order valence-electron chi connectivity index (χ2n) is 3.56. The molecule has 0 aliphatic carbocycles. The predicted molar refractivity (Wildman–Crippen MR) is 68.2 cm³/mol. The fraction of sp³-hybridized carbons (Fsp3) is 0.308. The van der Waals surface area contributed by atoms with Gasteiger partial charge in [-0.3, -0.25) is 4.79 Å². The van der Waals surface area contributed by atoms with Crippen molar-refractivity contribution in [1.29, 1.82) is 0 Å². The maximum atomic E-state index is 12.5. The Morgan fingerprint density at radius 3 is 2.17 bits per heavy atom. The average molecular weight is 274 g/mol. The molecule has 1 aromatic rings. The zero-order valence-corrected chi connectivity index (χ0v) is 10.9. The van der Waals surface area contributed by atoms with E-state index in [0.29, 0.717) is 10.5 Å². The summed E-state index contributed by atoms with van der Waals surface area (Å²) in [5, 5.41) is 0. The highest BCUT2D eigenvalue weighted by molar-refractivity contribution is 8.07. The van der Waals surface area contributed by atoms with Gasteiger partial charge in [-0.1, -0.05) is 37.3 Å². The maximum Gasteiger partial charge on any atom is 0.454 e. The molecule has 0 aliphatic rings. The monoisotopic (exact) mass is 274 g/mol. The van der Waals surface area contributed by atoms with Crippen LogP contribution in [0.2, 0.25) is 0 Å². The van der Waals surface area contributed by atoms with Crippen molar-refractivity contribution in [3.8, 4) is 0 Å². The summed E-state index contributed by atoms with van der Waals surface area (Å²) in [5.41, 5.74) is 0.459. The Morgan fingerprint density at radius 2 is 1.78 bits per heavy atom. The Labute approximate surface area is 108 Å². The minimum absolute atomic E-state index is 0.0589. The summed E-state index contributed by atoms with van der Waals surface area (Å²) in [4.78, 5) is 11.8. The lowest BCUT2D eigenvalue weighted by Gasteiger charge is -2.13. The third-order valence-electron chi connectivity index (χ3n) is 2.40. The number of alkyl halides is 3. The Balaban J connectivity index is 3.31. The molecule has 0 bridgehead atoms. The van der Waals surface area contributed by atoms with Gasteiger partial charge in [0.2, 0.25) is 0 Å².